The minimum Gasteiger partial charge on any atom is -0.322 e. The Morgan fingerprint density at radius 3 is 2.79 bits per heavy atom. The molecular weight excluding hydrogens is 333 g/mol. The van der Waals surface area contributed by atoms with Crippen molar-refractivity contribution in [1.29, 1.82) is 0 Å². The average Bonchev–Trinajstić information content (AvgIpc) is 2.38. The third-order valence-corrected chi connectivity index (χ3v) is 3.59. The standard InChI is InChI=1S/C14H10BrClFNO/c1-8-11(16)3-2-4-13(8)18-14(19)10-7-9(15)5-6-12(10)17/h2-7H,1H3,(H,18,19). The molecule has 19 heavy (non-hydrogen) atoms. The molecule has 2 rings (SSSR count). The van der Waals surface area contributed by atoms with Crippen molar-refractivity contribution in [3.63, 3.8) is 0 Å². The van der Waals surface area contributed by atoms with E-state index in [4.69, 9.17) is 11.6 Å². The number of carbonyl (C=O) groups is 1. The molecule has 0 aliphatic heterocycles. The van der Waals surface area contributed by atoms with Gasteiger partial charge in [-0.15, -0.1) is 0 Å². The van der Waals surface area contributed by atoms with E-state index in [1.54, 1.807) is 25.1 Å². The Labute approximate surface area is 123 Å². The third kappa shape index (κ3) is 3.14. The predicted octanol–water partition coefficient (Wildman–Crippen LogP) is 4.80. The van der Waals surface area contributed by atoms with Gasteiger partial charge in [-0.1, -0.05) is 33.6 Å². The first-order valence-corrected chi connectivity index (χ1v) is 6.67. The fraction of sp³-hybridized carbons (Fsp3) is 0.0714. The van der Waals surface area contributed by atoms with E-state index >= 15 is 0 Å². The van der Waals surface area contributed by atoms with Gasteiger partial charge in [0.1, 0.15) is 5.82 Å². The molecule has 0 saturated carbocycles. The van der Waals surface area contributed by atoms with Crippen molar-refractivity contribution in [3.8, 4) is 0 Å². The van der Waals surface area contributed by atoms with Gasteiger partial charge in [0.25, 0.3) is 5.91 Å². The SMILES string of the molecule is Cc1c(Cl)cccc1NC(=O)c1cc(Br)ccc1F. The van der Waals surface area contributed by atoms with Gasteiger partial charge in [0.15, 0.2) is 0 Å². The zero-order valence-corrected chi connectivity index (χ0v) is 12.3. The summed E-state index contributed by atoms with van der Waals surface area (Å²) in [5, 5.41) is 3.20. The Morgan fingerprint density at radius 1 is 1.32 bits per heavy atom. The molecule has 98 valence electrons. The molecule has 0 aromatic heterocycles. The Morgan fingerprint density at radius 2 is 2.05 bits per heavy atom. The van der Waals surface area contributed by atoms with E-state index in [0.29, 0.717) is 15.2 Å². The summed E-state index contributed by atoms with van der Waals surface area (Å²) in [4.78, 5) is 12.0. The molecular formula is C14H10BrClFNO. The number of rotatable bonds is 2. The zero-order chi connectivity index (χ0) is 14.0. The summed E-state index contributed by atoms with van der Waals surface area (Å²) in [7, 11) is 0. The van der Waals surface area contributed by atoms with Gasteiger partial charge in [0, 0.05) is 15.2 Å². The molecule has 0 saturated heterocycles. The lowest BCUT2D eigenvalue weighted by Gasteiger charge is -2.10. The van der Waals surface area contributed by atoms with E-state index in [-0.39, 0.29) is 5.56 Å². The van der Waals surface area contributed by atoms with Crippen LogP contribution < -0.4 is 5.32 Å². The largest absolute Gasteiger partial charge is 0.322 e. The van der Waals surface area contributed by atoms with E-state index in [2.05, 4.69) is 21.2 Å². The first-order valence-electron chi connectivity index (χ1n) is 5.50. The number of hydrogen-bond donors (Lipinski definition) is 1. The van der Waals surface area contributed by atoms with Crippen molar-refractivity contribution >= 4 is 39.1 Å². The van der Waals surface area contributed by atoms with Crippen molar-refractivity contribution in [2.75, 3.05) is 5.32 Å². The topological polar surface area (TPSA) is 29.1 Å². The maximum atomic E-state index is 13.6. The molecule has 0 aliphatic carbocycles. The third-order valence-electron chi connectivity index (χ3n) is 2.69. The van der Waals surface area contributed by atoms with Crippen LogP contribution in [0.3, 0.4) is 0 Å². The monoisotopic (exact) mass is 341 g/mol. The maximum absolute atomic E-state index is 13.6. The average molecular weight is 343 g/mol. The second-order valence-corrected chi connectivity index (χ2v) is 5.31. The van der Waals surface area contributed by atoms with Gasteiger partial charge in [0.2, 0.25) is 0 Å². The van der Waals surface area contributed by atoms with E-state index in [9.17, 15) is 9.18 Å². The molecule has 2 nitrogen and oxygen atoms in total. The van der Waals surface area contributed by atoms with Crippen molar-refractivity contribution < 1.29 is 9.18 Å². The summed E-state index contributed by atoms with van der Waals surface area (Å²) in [5.41, 5.74) is 1.29. The summed E-state index contributed by atoms with van der Waals surface area (Å²) in [6.07, 6.45) is 0. The van der Waals surface area contributed by atoms with Crippen LogP contribution in [0.4, 0.5) is 10.1 Å². The fourth-order valence-corrected chi connectivity index (χ4v) is 2.14. The number of nitrogens with one attached hydrogen (secondary N) is 1. The number of amides is 1. The van der Waals surface area contributed by atoms with Crippen LogP contribution in [0.2, 0.25) is 5.02 Å². The lowest BCUT2D eigenvalue weighted by Crippen LogP contribution is -2.14. The lowest BCUT2D eigenvalue weighted by atomic mass is 10.1. The second-order valence-electron chi connectivity index (χ2n) is 3.99. The van der Waals surface area contributed by atoms with E-state index in [0.717, 1.165) is 5.56 Å². The van der Waals surface area contributed by atoms with Gasteiger partial charge in [0.05, 0.1) is 5.56 Å². The highest BCUT2D eigenvalue weighted by molar-refractivity contribution is 9.10. The molecule has 1 N–H and O–H groups in total. The van der Waals surface area contributed by atoms with Crippen LogP contribution >= 0.6 is 27.5 Å². The number of anilines is 1. The number of carbonyl (C=O) groups excluding carboxylic acids is 1. The highest BCUT2D eigenvalue weighted by Gasteiger charge is 2.13. The summed E-state index contributed by atoms with van der Waals surface area (Å²) < 4.78 is 14.2. The highest BCUT2D eigenvalue weighted by Crippen LogP contribution is 2.24. The molecule has 2 aromatic carbocycles. The Balaban J connectivity index is 2.31. The molecule has 1 amide bonds. The zero-order valence-electron chi connectivity index (χ0n) is 10.0. The first-order chi connectivity index (χ1) is 8.99. The summed E-state index contributed by atoms with van der Waals surface area (Å²) in [6, 6.07) is 9.38. The van der Waals surface area contributed by atoms with Gasteiger partial charge in [-0.2, -0.15) is 0 Å². The van der Waals surface area contributed by atoms with Crippen molar-refractivity contribution in [2.45, 2.75) is 6.92 Å². The first kappa shape index (κ1) is 14.0. The normalized spacial score (nSPS) is 10.3. The minimum atomic E-state index is -0.569. The second kappa shape index (κ2) is 5.72. The van der Waals surface area contributed by atoms with Crippen LogP contribution in [-0.4, -0.2) is 5.91 Å². The molecule has 0 aliphatic rings. The van der Waals surface area contributed by atoms with Gasteiger partial charge >= 0.3 is 0 Å². The van der Waals surface area contributed by atoms with Crippen LogP contribution in [0, 0.1) is 12.7 Å². The fourth-order valence-electron chi connectivity index (χ4n) is 1.60. The van der Waals surface area contributed by atoms with Crippen LogP contribution in [-0.2, 0) is 0 Å². The van der Waals surface area contributed by atoms with Crippen LogP contribution in [0.5, 0.6) is 0 Å². The Bertz CT molecular complexity index is 645. The number of benzene rings is 2. The summed E-state index contributed by atoms with van der Waals surface area (Å²) in [6.45, 7) is 1.79. The number of hydrogen-bond acceptors (Lipinski definition) is 1. The van der Waals surface area contributed by atoms with E-state index in [1.165, 1.54) is 18.2 Å². The Hall–Kier alpha value is -1.39. The maximum Gasteiger partial charge on any atom is 0.258 e. The molecule has 0 unspecified atom stereocenters. The van der Waals surface area contributed by atoms with Gasteiger partial charge in [-0.25, -0.2) is 4.39 Å². The molecule has 0 radical (unpaired) electrons. The van der Waals surface area contributed by atoms with Crippen molar-refractivity contribution in [3.05, 3.63) is 62.8 Å². The smallest absolute Gasteiger partial charge is 0.258 e. The van der Waals surface area contributed by atoms with Crippen molar-refractivity contribution in [2.24, 2.45) is 0 Å². The Kier molecular flexibility index (Phi) is 4.22. The molecule has 0 fully saturated rings. The van der Waals surface area contributed by atoms with Crippen molar-refractivity contribution in [1.82, 2.24) is 0 Å². The molecule has 0 heterocycles. The van der Waals surface area contributed by atoms with Crippen LogP contribution in [0.25, 0.3) is 0 Å². The molecule has 2 aromatic rings. The van der Waals surface area contributed by atoms with Gasteiger partial charge in [-0.3, -0.25) is 4.79 Å². The van der Waals surface area contributed by atoms with Gasteiger partial charge in [-0.05, 0) is 42.8 Å². The molecule has 5 heteroatoms. The predicted molar refractivity (Wildman–Crippen MR) is 78.2 cm³/mol. The summed E-state index contributed by atoms with van der Waals surface area (Å²) >= 11 is 9.18. The van der Waals surface area contributed by atoms with E-state index in [1.807, 2.05) is 0 Å². The molecule has 0 atom stereocenters. The van der Waals surface area contributed by atoms with Crippen LogP contribution in [0.15, 0.2) is 40.9 Å². The lowest BCUT2D eigenvalue weighted by molar-refractivity contribution is 0.102. The van der Waals surface area contributed by atoms with Gasteiger partial charge < -0.3 is 5.32 Å². The molecule has 0 bridgehead atoms. The minimum absolute atomic E-state index is 0.0197. The molecule has 0 spiro atoms. The number of halogens is 3. The summed E-state index contributed by atoms with van der Waals surface area (Å²) in [5.74, 6) is -1.08. The van der Waals surface area contributed by atoms with E-state index < -0.39 is 11.7 Å². The quantitative estimate of drug-likeness (QED) is 0.834. The van der Waals surface area contributed by atoms with Crippen LogP contribution in [0.1, 0.15) is 15.9 Å². The highest BCUT2D eigenvalue weighted by atomic mass is 79.9.